The fourth-order valence-corrected chi connectivity index (χ4v) is 2.03. The molecule has 0 aromatic rings. The minimum atomic E-state index is -0.388. The normalized spacial score (nSPS) is 22.3. The van der Waals surface area contributed by atoms with Gasteiger partial charge in [0.2, 0.25) is 0 Å². The molecular weight excluding hydrogens is 190 g/mol. The largest absolute Gasteiger partial charge is 0.444 e. The molecule has 0 radical (unpaired) electrons. The molecule has 3 nitrogen and oxygen atoms in total. The SMILES string of the molecule is CC(C)C1CCCN1C(=O)OC(C)(C)C. The van der Waals surface area contributed by atoms with Crippen molar-refractivity contribution in [1.82, 2.24) is 4.90 Å². The molecule has 0 spiro atoms. The monoisotopic (exact) mass is 213 g/mol. The van der Waals surface area contributed by atoms with Gasteiger partial charge in [-0.2, -0.15) is 0 Å². The summed E-state index contributed by atoms with van der Waals surface area (Å²) in [7, 11) is 0. The maximum Gasteiger partial charge on any atom is 0.410 e. The van der Waals surface area contributed by atoms with E-state index in [1.165, 1.54) is 0 Å². The second-order valence-corrected chi connectivity index (χ2v) is 5.63. The van der Waals surface area contributed by atoms with Crippen LogP contribution >= 0.6 is 0 Å². The van der Waals surface area contributed by atoms with E-state index < -0.39 is 0 Å². The molecule has 1 fully saturated rings. The lowest BCUT2D eigenvalue weighted by molar-refractivity contribution is 0.0190. The van der Waals surface area contributed by atoms with Crippen molar-refractivity contribution in [3.05, 3.63) is 0 Å². The highest BCUT2D eigenvalue weighted by Crippen LogP contribution is 2.25. The zero-order valence-electron chi connectivity index (χ0n) is 10.5. The number of ether oxygens (including phenoxy) is 1. The van der Waals surface area contributed by atoms with Gasteiger partial charge in [-0.1, -0.05) is 13.8 Å². The Labute approximate surface area is 92.8 Å². The van der Waals surface area contributed by atoms with Gasteiger partial charge in [0, 0.05) is 12.6 Å². The van der Waals surface area contributed by atoms with E-state index in [1.807, 2.05) is 25.7 Å². The van der Waals surface area contributed by atoms with Gasteiger partial charge in [-0.25, -0.2) is 4.79 Å². The van der Waals surface area contributed by atoms with Crippen molar-refractivity contribution < 1.29 is 9.53 Å². The molecule has 0 bridgehead atoms. The van der Waals surface area contributed by atoms with E-state index >= 15 is 0 Å². The maximum atomic E-state index is 11.9. The second kappa shape index (κ2) is 4.42. The number of hydrogen-bond donors (Lipinski definition) is 0. The van der Waals surface area contributed by atoms with Crippen LogP contribution in [0.4, 0.5) is 4.79 Å². The molecule has 0 N–H and O–H groups in total. The first-order valence-corrected chi connectivity index (χ1v) is 5.81. The number of amides is 1. The lowest BCUT2D eigenvalue weighted by Gasteiger charge is -2.30. The Kier molecular flexibility index (Phi) is 3.63. The number of likely N-dealkylation sites (tertiary alicyclic amines) is 1. The molecule has 15 heavy (non-hydrogen) atoms. The van der Waals surface area contributed by atoms with Crippen LogP contribution in [-0.2, 0) is 4.74 Å². The van der Waals surface area contributed by atoms with Gasteiger partial charge in [0.1, 0.15) is 5.60 Å². The van der Waals surface area contributed by atoms with E-state index in [2.05, 4.69) is 13.8 Å². The van der Waals surface area contributed by atoms with E-state index in [1.54, 1.807) is 0 Å². The van der Waals surface area contributed by atoms with Gasteiger partial charge in [-0.05, 0) is 39.5 Å². The van der Waals surface area contributed by atoms with Crippen LogP contribution in [-0.4, -0.2) is 29.2 Å². The molecule has 1 aliphatic heterocycles. The molecule has 0 aromatic heterocycles. The molecule has 0 aliphatic carbocycles. The summed E-state index contributed by atoms with van der Waals surface area (Å²) in [5, 5.41) is 0. The lowest BCUT2D eigenvalue weighted by atomic mass is 10.0. The van der Waals surface area contributed by atoms with Gasteiger partial charge < -0.3 is 9.64 Å². The Balaban J connectivity index is 2.59. The predicted octanol–water partition coefficient (Wildman–Crippen LogP) is 3.04. The molecule has 1 atom stereocenters. The highest BCUT2D eigenvalue weighted by molar-refractivity contribution is 5.69. The summed E-state index contributed by atoms with van der Waals surface area (Å²) in [6, 6.07) is 0.361. The molecule has 1 amide bonds. The average Bonchev–Trinajstić information content (AvgIpc) is 2.47. The van der Waals surface area contributed by atoms with Crippen LogP contribution in [0.1, 0.15) is 47.5 Å². The molecule has 0 saturated carbocycles. The Bertz CT molecular complexity index is 230. The van der Waals surface area contributed by atoms with Crippen LogP contribution in [0.3, 0.4) is 0 Å². The van der Waals surface area contributed by atoms with Crippen LogP contribution in [0, 0.1) is 5.92 Å². The number of rotatable bonds is 1. The summed E-state index contributed by atoms with van der Waals surface area (Å²) in [6.07, 6.45) is 2.05. The molecule has 1 rings (SSSR count). The number of carbonyl (C=O) groups excluding carboxylic acids is 1. The van der Waals surface area contributed by atoms with Gasteiger partial charge >= 0.3 is 6.09 Å². The van der Waals surface area contributed by atoms with Crippen molar-refractivity contribution in [3.8, 4) is 0 Å². The highest BCUT2D eigenvalue weighted by Gasteiger charge is 2.33. The summed E-state index contributed by atoms with van der Waals surface area (Å²) in [6.45, 7) is 10.9. The smallest absolute Gasteiger partial charge is 0.410 e. The summed E-state index contributed by atoms with van der Waals surface area (Å²) in [5.74, 6) is 0.514. The molecule has 1 heterocycles. The standard InChI is InChI=1S/C12H23NO2/c1-9(2)10-7-6-8-13(10)11(14)15-12(3,4)5/h9-10H,6-8H2,1-5H3. The zero-order valence-corrected chi connectivity index (χ0v) is 10.5. The first-order valence-electron chi connectivity index (χ1n) is 5.81. The predicted molar refractivity (Wildman–Crippen MR) is 60.8 cm³/mol. The van der Waals surface area contributed by atoms with Crippen molar-refractivity contribution in [2.24, 2.45) is 5.92 Å². The molecular formula is C12H23NO2. The fraction of sp³-hybridized carbons (Fsp3) is 0.917. The fourth-order valence-electron chi connectivity index (χ4n) is 2.03. The summed E-state index contributed by atoms with van der Waals surface area (Å²) in [5.41, 5.74) is -0.388. The van der Waals surface area contributed by atoms with Crippen LogP contribution in [0.15, 0.2) is 0 Å². The third-order valence-corrected chi connectivity index (χ3v) is 2.70. The summed E-state index contributed by atoms with van der Waals surface area (Å²) >= 11 is 0. The summed E-state index contributed by atoms with van der Waals surface area (Å²) < 4.78 is 5.39. The number of hydrogen-bond acceptors (Lipinski definition) is 2. The van der Waals surface area contributed by atoms with Gasteiger partial charge in [0.25, 0.3) is 0 Å². The first kappa shape index (κ1) is 12.3. The topological polar surface area (TPSA) is 29.5 Å². The quantitative estimate of drug-likeness (QED) is 0.670. The first-order chi connectivity index (χ1) is 6.81. The number of carbonyl (C=O) groups is 1. The Hall–Kier alpha value is -0.730. The Morgan fingerprint density at radius 3 is 2.47 bits per heavy atom. The minimum absolute atomic E-state index is 0.154. The van der Waals surface area contributed by atoms with E-state index in [0.29, 0.717) is 12.0 Å². The van der Waals surface area contributed by atoms with Crippen LogP contribution in [0.25, 0.3) is 0 Å². The molecule has 3 heteroatoms. The van der Waals surface area contributed by atoms with Gasteiger partial charge in [-0.3, -0.25) is 0 Å². The van der Waals surface area contributed by atoms with E-state index in [9.17, 15) is 4.79 Å². The van der Waals surface area contributed by atoms with Gasteiger partial charge in [-0.15, -0.1) is 0 Å². The second-order valence-electron chi connectivity index (χ2n) is 5.63. The zero-order chi connectivity index (χ0) is 11.6. The molecule has 1 aliphatic rings. The van der Waals surface area contributed by atoms with Crippen molar-refractivity contribution in [2.45, 2.75) is 59.1 Å². The van der Waals surface area contributed by atoms with Crippen molar-refractivity contribution in [3.63, 3.8) is 0 Å². The van der Waals surface area contributed by atoms with Crippen LogP contribution < -0.4 is 0 Å². The Morgan fingerprint density at radius 2 is 2.00 bits per heavy atom. The van der Waals surface area contributed by atoms with Crippen molar-refractivity contribution in [2.75, 3.05) is 6.54 Å². The van der Waals surface area contributed by atoms with Crippen LogP contribution in [0.2, 0.25) is 0 Å². The van der Waals surface area contributed by atoms with Crippen molar-refractivity contribution in [1.29, 1.82) is 0 Å². The molecule has 0 aromatic carbocycles. The van der Waals surface area contributed by atoms with Gasteiger partial charge in [0.15, 0.2) is 0 Å². The van der Waals surface area contributed by atoms with E-state index in [0.717, 1.165) is 19.4 Å². The van der Waals surface area contributed by atoms with Crippen LogP contribution in [0.5, 0.6) is 0 Å². The van der Waals surface area contributed by atoms with E-state index in [4.69, 9.17) is 4.74 Å². The highest BCUT2D eigenvalue weighted by atomic mass is 16.6. The Morgan fingerprint density at radius 1 is 1.40 bits per heavy atom. The number of nitrogens with zero attached hydrogens (tertiary/aromatic N) is 1. The molecule has 88 valence electrons. The average molecular weight is 213 g/mol. The molecule has 1 saturated heterocycles. The maximum absolute atomic E-state index is 11.9. The third kappa shape index (κ3) is 3.40. The molecule has 1 unspecified atom stereocenters. The van der Waals surface area contributed by atoms with E-state index in [-0.39, 0.29) is 11.7 Å². The summed E-state index contributed by atoms with van der Waals surface area (Å²) in [4.78, 5) is 13.8. The van der Waals surface area contributed by atoms with Crippen molar-refractivity contribution >= 4 is 6.09 Å². The third-order valence-electron chi connectivity index (χ3n) is 2.70. The van der Waals surface area contributed by atoms with Gasteiger partial charge in [0.05, 0.1) is 0 Å². The lowest BCUT2D eigenvalue weighted by Crippen LogP contribution is -2.41. The minimum Gasteiger partial charge on any atom is -0.444 e.